The molecule has 1 atom stereocenters. The molecule has 1 aliphatic carbocycles. The Balaban J connectivity index is 1.94. The number of sulfone groups is 1. The summed E-state index contributed by atoms with van der Waals surface area (Å²) < 4.78 is 28.9. The fourth-order valence-electron chi connectivity index (χ4n) is 4.16. The van der Waals surface area contributed by atoms with Crippen molar-refractivity contribution in [1.82, 2.24) is 9.55 Å². The fraction of sp³-hybridized carbons (Fsp3) is 0.304. The molecule has 0 unspecified atom stereocenters. The van der Waals surface area contributed by atoms with Crippen LogP contribution in [0.3, 0.4) is 0 Å². The Morgan fingerprint density at radius 1 is 1.16 bits per heavy atom. The van der Waals surface area contributed by atoms with E-state index in [0.717, 1.165) is 30.4 Å². The van der Waals surface area contributed by atoms with Gasteiger partial charge in [-0.25, -0.2) is 8.42 Å². The van der Waals surface area contributed by atoms with Gasteiger partial charge in [0.15, 0.2) is 4.90 Å². The normalized spacial score (nSPS) is 15.7. The lowest BCUT2D eigenvalue weighted by Gasteiger charge is -2.23. The summed E-state index contributed by atoms with van der Waals surface area (Å²) in [7, 11) is -4.25. The zero-order chi connectivity index (χ0) is 22.2. The van der Waals surface area contributed by atoms with Crippen LogP contribution in [-0.2, 0) is 22.7 Å². The summed E-state index contributed by atoms with van der Waals surface area (Å²) in [6.07, 6.45) is 3.66. The third-order valence-electron chi connectivity index (χ3n) is 5.69. The molecule has 1 heterocycles. The predicted molar refractivity (Wildman–Crippen MR) is 121 cm³/mol. The zero-order valence-corrected chi connectivity index (χ0v) is 19.5. The number of unbranched alkanes of at least 4 members (excludes halogenated alkanes) is 1. The molecule has 0 bridgehead atoms. The van der Waals surface area contributed by atoms with E-state index in [1.165, 1.54) is 12.1 Å². The highest BCUT2D eigenvalue weighted by molar-refractivity contribution is 9.10. The SMILES string of the molecule is CCCCc1nc(=O)c(S(=O)(=O)c2ccc(Br)cc2)c(O)n1[C@H]1CCc2ccccc21. The Morgan fingerprint density at radius 3 is 2.58 bits per heavy atom. The maximum atomic E-state index is 13.3. The van der Waals surface area contributed by atoms with Gasteiger partial charge in [0, 0.05) is 10.9 Å². The van der Waals surface area contributed by atoms with Gasteiger partial charge in [-0.3, -0.25) is 9.36 Å². The van der Waals surface area contributed by atoms with Crippen molar-refractivity contribution in [3.05, 3.63) is 80.3 Å². The van der Waals surface area contributed by atoms with Crippen LogP contribution in [0.1, 0.15) is 49.2 Å². The third kappa shape index (κ3) is 3.94. The average Bonchev–Trinajstić information content (AvgIpc) is 3.16. The van der Waals surface area contributed by atoms with E-state index in [2.05, 4.69) is 20.9 Å². The molecule has 1 N–H and O–H groups in total. The predicted octanol–water partition coefficient (Wildman–Crippen LogP) is 4.42. The van der Waals surface area contributed by atoms with Crippen LogP contribution < -0.4 is 5.56 Å². The minimum atomic E-state index is -4.25. The minimum Gasteiger partial charge on any atom is -0.493 e. The molecule has 0 radical (unpaired) electrons. The zero-order valence-electron chi connectivity index (χ0n) is 17.1. The molecule has 1 aromatic heterocycles. The molecule has 6 nitrogen and oxygen atoms in total. The lowest BCUT2D eigenvalue weighted by Crippen LogP contribution is -2.27. The van der Waals surface area contributed by atoms with Crippen molar-refractivity contribution in [2.75, 3.05) is 0 Å². The Kier molecular flexibility index (Phi) is 6.03. The molecular formula is C23H23BrN2O4S. The molecule has 0 aliphatic heterocycles. The molecule has 2 aromatic carbocycles. The van der Waals surface area contributed by atoms with Gasteiger partial charge in [-0.15, -0.1) is 0 Å². The summed E-state index contributed by atoms with van der Waals surface area (Å²) >= 11 is 3.28. The Bertz CT molecular complexity index is 1280. The molecule has 4 rings (SSSR count). The first-order valence-electron chi connectivity index (χ1n) is 10.3. The Morgan fingerprint density at radius 2 is 1.87 bits per heavy atom. The Hall–Kier alpha value is -2.45. The van der Waals surface area contributed by atoms with Gasteiger partial charge < -0.3 is 5.11 Å². The number of benzene rings is 2. The van der Waals surface area contributed by atoms with E-state index in [0.29, 0.717) is 23.1 Å². The quantitative estimate of drug-likeness (QED) is 0.538. The molecule has 0 saturated carbocycles. The van der Waals surface area contributed by atoms with Crippen LogP contribution in [-0.4, -0.2) is 23.1 Å². The highest BCUT2D eigenvalue weighted by atomic mass is 79.9. The van der Waals surface area contributed by atoms with Crippen LogP contribution in [0.2, 0.25) is 0 Å². The van der Waals surface area contributed by atoms with Crippen molar-refractivity contribution in [3.63, 3.8) is 0 Å². The minimum absolute atomic E-state index is 0.0652. The van der Waals surface area contributed by atoms with E-state index in [4.69, 9.17) is 0 Å². The number of aromatic nitrogens is 2. The number of hydrogen-bond acceptors (Lipinski definition) is 5. The number of nitrogens with zero attached hydrogens (tertiary/aromatic N) is 2. The highest BCUT2D eigenvalue weighted by Gasteiger charge is 2.34. The largest absolute Gasteiger partial charge is 0.493 e. The van der Waals surface area contributed by atoms with Gasteiger partial charge in [0.2, 0.25) is 15.7 Å². The van der Waals surface area contributed by atoms with Gasteiger partial charge in [0.05, 0.1) is 10.9 Å². The van der Waals surface area contributed by atoms with Crippen molar-refractivity contribution in [2.24, 2.45) is 0 Å². The van der Waals surface area contributed by atoms with Crippen LogP contribution in [0.5, 0.6) is 5.88 Å². The highest BCUT2D eigenvalue weighted by Crippen LogP contribution is 2.39. The van der Waals surface area contributed by atoms with Gasteiger partial charge in [-0.1, -0.05) is 53.5 Å². The van der Waals surface area contributed by atoms with Crippen molar-refractivity contribution in [1.29, 1.82) is 0 Å². The molecule has 8 heteroatoms. The van der Waals surface area contributed by atoms with Gasteiger partial charge in [-0.2, -0.15) is 4.98 Å². The second kappa shape index (κ2) is 8.59. The van der Waals surface area contributed by atoms with E-state index < -0.39 is 26.2 Å². The fourth-order valence-corrected chi connectivity index (χ4v) is 5.77. The van der Waals surface area contributed by atoms with Crippen LogP contribution in [0.4, 0.5) is 0 Å². The maximum absolute atomic E-state index is 13.3. The first-order chi connectivity index (χ1) is 14.8. The smallest absolute Gasteiger partial charge is 0.296 e. The summed E-state index contributed by atoms with van der Waals surface area (Å²) in [5.74, 6) is -0.114. The van der Waals surface area contributed by atoms with E-state index in [-0.39, 0.29) is 10.9 Å². The number of aryl methyl sites for hydroxylation is 2. The summed E-state index contributed by atoms with van der Waals surface area (Å²) in [4.78, 5) is 16.3. The molecular weight excluding hydrogens is 480 g/mol. The Labute approximate surface area is 189 Å². The molecule has 0 amide bonds. The molecule has 1 aliphatic rings. The first-order valence-corrected chi connectivity index (χ1v) is 12.5. The molecule has 3 aromatic rings. The average molecular weight is 503 g/mol. The van der Waals surface area contributed by atoms with Gasteiger partial charge >= 0.3 is 0 Å². The van der Waals surface area contributed by atoms with Crippen molar-refractivity contribution < 1.29 is 13.5 Å². The molecule has 31 heavy (non-hydrogen) atoms. The van der Waals surface area contributed by atoms with E-state index in [1.807, 2.05) is 31.2 Å². The first kappa shape index (κ1) is 21.8. The number of fused-ring (bicyclic) bond motifs is 1. The molecule has 0 spiro atoms. The third-order valence-corrected chi connectivity index (χ3v) is 8.01. The van der Waals surface area contributed by atoms with E-state index in [1.54, 1.807) is 16.7 Å². The van der Waals surface area contributed by atoms with E-state index in [9.17, 15) is 18.3 Å². The molecule has 0 fully saturated rings. The monoisotopic (exact) mass is 502 g/mol. The molecule has 0 saturated heterocycles. The summed E-state index contributed by atoms with van der Waals surface area (Å²) in [6, 6.07) is 13.6. The van der Waals surface area contributed by atoms with Gasteiger partial charge in [0.25, 0.3) is 5.56 Å². The number of hydrogen-bond donors (Lipinski definition) is 1. The maximum Gasteiger partial charge on any atom is 0.296 e. The topological polar surface area (TPSA) is 89.3 Å². The molecule has 162 valence electrons. The van der Waals surface area contributed by atoms with Crippen LogP contribution >= 0.6 is 15.9 Å². The lowest BCUT2D eigenvalue weighted by molar-refractivity contribution is 0.361. The summed E-state index contributed by atoms with van der Waals surface area (Å²) in [6.45, 7) is 2.03. The van der Waals surface area contributed by atoms with Gasteiger partial charge in [0.1, 0.15) is 5.82 Å². The standard InChI is InChI=1S/C23H23BrN2O4S/c1-2-3-8-20-25-22(27)21(31(29,30)17-12-10-16(24)11-13-17)23(28)26(20)19-14-9-15-6-4-5-7-18(15)19/h4-7,10-13,19,28H,2-3,8-9,14H2,1H3/t19-/m0/s1. The van der Waals surface area contributed by atoms with Crippen LogP contribution in [0.25, 0.3) is 0 Å². The number of rotatable bonds is 6. The number of aromatic hydroxyl groups is 1. The van der Waals surface area contributed by atoms with Gasteiger partial charge in [-0.05, 0) is 54.7 Å². The number of halogens is 1. The van der Waals surface area contributed by atoms with Crippen molar-refractivity contribution in [3.8, 4) is 5.88 Å². The van der Waals surface area contributed by atoms with Crippen molar-refractivity contribution in [2.45, 2.75) is 54.9 Å². The van der Waals surface area contributed by atoms with Crippen LogP contribution in [0.15, 0.2) is 67.6 Å². The summed E-state index contributed by atoms with van der Waals surface area (Å²) in [5.41, 5.74) is 1.26. The van der Waals surface area contributed by atoms with E-state index >= 15 is 0 Å². The van der Waals surface area contributed by atoms with Crippen LogP contribution in [0, 0.1) is 0 Å². The summed E-state index contributed by atoms with van der Waals surface area (Å²) in [5, 5.41) is 11.2. The lowest BCUT2D eigenvalue weighted by atomic mass is 10.1. The van der Waals surface area contributed by atoms with Crippen molar-refractivity contribution >= 4 is 25.8 Å². The second-order valence-electron chi connectivity index (χ2n) is 7.67. The second-order valence-corrected chi connectivity index (χ2v) is 10.5.